The zero-order chi connectivity index (χ0) is 19.5. The van der Waals surface area contributed by atoms with Crippen molar-refractivity contribution in [1.82, 2.24) is 5.32 Å². The second-order valence-corrected chi connectivity index (χ2v) is 8.22. The molecule has 1 heterocycles. The number of carboxylic acid groups (broad SMARTS) is 1. The van der Waals surface area contributed by atoms with Gasteiger partial charge < -0.3 is 19.9 Å². The highest BCUT2D eigenvalue weighted by Crippen LogP contribution is 2.43. The van der Waals surface area contributed by atoms with Gasteiger partial charge in [0.05, 0.1) is 12.0 Å². The van der Waals surface area contributed by atoms with Crippen LogP contribution >= 0.6 is 0 Å². The first-order chi connectivity index (χ1) is 12.0. The van der Waals surface area contributed by atoms with Gasteiger partial charge in [-0.3, -0.25) is 4.79 Å². The van der Waals surface area contributed by atoms with E-state index in [0.29, 0.717) is 13.0 Å². The lowest BCUT2D eigenvalue weighted by Crippen LogP contribution is -2.48. The second-order valence-electron chi connectivity index (χ2n) is 8.22. The van der Waals surface area contributed by atoms with Crippen molar-refractivity contribution in [3.63, 3.8) is 0 Å². The molecule has 0 fully saturated rings. The molecule has 1 aromatic carbocycles. The Morgan fingerprint density at radius 3 is 2.54 bits per heavy atom. The molecule has 0 spiro atoms. The van der Waals surface area contributed by atoms with E-state index in [1.807, 2.05) is 38.1 Å². The molecule has 2 atom stereocenters. The summed E-state index contributed by atoms with van der Waals surface area (Å²) >= 11 is 0. The van der Waals surface area contributed by atoms with Gasteiger partial charge in [-0.15, -0.1) is 0 Å². The molecule has 26 heavy (non-hydrogen) atoms. The van der Waals surface area contributed by atoms with Gasteiger partial charge in [-0.05, 0) is 39.2 Å². The number of amides is 1. The predicted molar refractivity (Wildman–Crippen MR) is 98.4 cm³/mol. The fourth-order valence-electron chi connectivity index (χ4n) is 3.30. The van der Waals surface area contributed by atoms with Crippen molar-refractivity contribution in [3.8, 4) is 5.75 Å². The van der Waals surface area contributed by atoms with Crippen LogP contribution in [0.25, 0.3) is 0 Å². The largest absolute Gasteiger partial charge is 0.493 e. The molecule has 0 bridgehead atoms. The van der Waals surface area contributed by atoms with E-state index in [4.69, 9.17) is 9.47 Å². The second kappa shape index (κ2) is 7.56. The molecular formula is C20H29NO5. The van der Waals surface area contributed by atoms with Crippen LogP contribution in [0.4, 0.5) is 4.79 Å². The van der Waals surface area contributed by atoms with E-state index >= 15 is 0 Å². The highest BCUT2D eigenvalue weighted by Gasteiger charge is 2.45. The van der Waals surface area contributed by atoms with E-state index in [0.717, 1.165) is 11.3 Å². The maximum absolute atomic E-state index is 12.2. The van der Waals surface area contributed by atoms with Gasteiger partial charge in [0.15, 0.2) is 0 Å². The summed E-state index contributed by atoms with van der Waals surface area (Å²) in [6, 6.07) is 7.70. The maximum Gasteiger partial charge on any atom is 0.407 e. The Labute approximate surface area is 154 Å². The summed E-state index contributed by atoms with van der Waals surface area (Å²) in [7, 11) is 0. The summed E-state index contributed by atoms with van der Waals surface area (Å²) in [6.45, 7) is 9.51. The first-order valence-electron chi connectivity index (χ1n) is 8.97. The van der Waals surface area contributed by atoms with Gasteiger partial charge in [0.2, 0.25) is 0 Å². The Morgan fingerprint density at radius 2 is 1.96 bits per heavy atom. The fourth-order valence-corrected chi connectivity index (χ4v) is 3.30. The summed E-state index contributed by atoms with van der Waals surface area (Å²) in [6.07, 6.45) is -0.223. The number of nitrogens with one attached hydrogen (secondary N) is 1. The molecule has 1 amide bonds. The van der Waals surface area contributed by atoms with Crippen molar-refractivity contribution in [2.45, 2.75) is 52.6 Å². The quantitative estimate of drug-likeness (QED) is 0.803. The summed E-state index contributed by atoms with van der Waals surface area (Å²) in [5.41, 5.74) is -0.718. The van der Waals surface area contributed by atoms with Crippen LogP contribution in [0.2, 0.25) is 0 Å². The molecule has 1 aliphatic rings. The number of benzene rings is 1. The van der Waals surface area contributed by atoms with Gasteiger partial charge in [0, 0.05) is 18.0 Å². The fraction of sp³-hybridized carbons (Fsp3) is 0.600. The van der Waals surface area contributed by atoms with Crippen molar-refractivity contribution in [1.29, 1.82) is 0 Å². The molecule has 6 heteroatoms. The number of rotatable bonds is 6. The molecule has 0 saturated carbocycles. The van der Waals surface area contributed by atoms with Gasteiger partial charge in [0.1, 0.15) is 11.4 Å². The van der Waals surface area contributed by atoms with Crippen LogP contribution in [-0.4, -0.2) is 35.9 Å². The van der Waals surface area contributed by atoms with Gasteiger partial charge in [-0.2, -0.15) is 0 Å². The van der Waals surface area contributed by atoms with Crippen LogP contribution in [-0.2, 0) is 9.53 Å². The summed E-state index contributed by atoms with van der Waals surface area (Å²) in [5.74, 6) is -0.318. The minimum absolute atomic E-state index is 0.00752. The van der Waals surface area contributed by atoms with Crippen molar-refractivity contribution in [2.75, 3.05) is 13.2 Å². The van der Waals surface area contributed by atoms with Crippen LogP contribution < -0.4 is 10.1 Å². The number of alkyl carbamates (subject to hydrolysis) is 1. The number of carboxylic acids is 1. The standard InChI is InChI=1S/C20H29NO5/c1-13(2)20(17(22)23,12-21-18(24)26-19(3,4)5)10-14-11-25-16-9-7-6-8-15(14)16/h6-9,13-14H,10-12H2,1-5H3,(H,21,24)(H,22,23). The number of hydrogen-bond donors (Lipinski definition) is 2. The van der Waals surface area contributed by atoms with E-state index in [9.17, 15) is 14.7 Å². The summed E-state index contributed by atoms with van der Waals surface area (Å²) in [4.78, 5) is 24.3. The molecule has 2 unspecified atom stereocenters. The predicted octanol–water partition coefficient (Wildman–Crippen LogP) is 3.80. The molecule has 144 valence electrons. The zero-order valence-electron chi connectivity index (χ0n) is 16.2. The average Bonchev–Trinajstić information content (AvgIpc) is 2.92. The Hall–Kier alpha value is -2.24. The SMILES string of the molecule is CC(C)C(CNC(=O)OC(C)(C)C)(CC1COc2ccccc21)C(=O)O. The highest BCUT2D eigenvalue weighted by molar-refractivity contribution is 5.77. The summed E-state index contributed by atoms with van der Waals surface area (Å²) < 4.78 is 11.0. The monoisotopic (exact) mass is 363 g/mol. The number of fused-ring (bicyclic) bond motifs is 1. The molecule has 2 rings (SSSR count). The van der Waals surface area contributed by atoms with E-state index in [1.54, 1.807) is 20.8 Å². The minimum Gasteiger partial charge on any atom is -0.493 e. The molecule has 0 aliphatic carbocycles. The van der Waals surface area contributed by atoms with Gasteiger partial charge in [-0.1, -0.05) is 32.0 Å². The van der Waals surface area contributed by atoms with E-state index in [-0.39, 0.29) is 18.4 Å². The van der Waals surface area contributed by atoms with E-state index < -0.39 is 23.1 Å². The van der Waals surface area contributed by atoms with E-state index in [2.05, 4.69) is 5.32 Å². The molecule has 1 aliphatic heterocycles. The topological polar surface area (TPSA) is 84.9 Å². The lowest BCUT2D eigenvalue weighted by molar-refractivity contribution is -0.152. The van der Waals surface area contributed by atoms with Crippen LogP contribution in [0.5, 0.6) is 5.75 Å². The average molecular weight is 363 g/mol. The van der Waals surface area contributed by atoms with Crippen LogP contribution in [0.1, 0.15) is 52.5 Å². The van der Waals surface area contributed by atoms with Crippen molar-refractivity contribution in [3.05, 3.63) is 29.8 Å². The van der Waals surface area contributed by atoms with Crippen LogP contribution in [0.15, 0.2) is 24.3 Å². The number of hydrogen-bond acceptors (Lipinski definition) is 4. The Morgan fingerprint density at radius 1 is 1.31 bits per heavy atom. The third-order valence-corrected chi connectivity index (χ3v) is 4.89. The summed E-state index contributed by atoms with van der Waals surface area (Å²) in [5, 5.41) is 12.7. The third kappa shape index (κ3) is 4.48. The highest BCUT2D eigenvalue weighted by atomic mass is 16.6. The molecule has 0 aromatic heterocycles. The first kappa shape index (κ1) is 20.1. The Kier molecular flexibility index (Phi) is 5.84. The molecule has 2 N–H and O–H groups in total. The van der Waals surface area contributed by atoms with Crippen molar-refractivity contribution >= 4 is 12.1 Å². The maximum atomic E-state index is 12.2. The number of carbonyl (C=O) groups excluding carboxylic acids is 1. The smallest absolute Gasteiger partial charge is 0.407 e. The van der Waals surface area contributed by atoms with Gasteiger partial charge in [-0.25, -0.2) is 4.79 Å². The lowest BCUT2D eigenvalue weighted by atomic mass is 9.70. The third-order valence-electron chi connectivity index (χ3n) is 4.89. The number of carbonyl (C=O) groups is 2. The minimum atomic E-state index is -1.11. The molecule has 0 saturated heterocycles. The van der Waals surface area contributed by atoms with Crippen LogP contribution in [0, 0.1) is 11.3 Å². The number of para-hydroxylation sites is 1. The van der Waals surface area contributed by atoms with Gasteiger partial charge >= 0.3 is 12.1 Å². The van der Waals surface area contributed by atoms with Crippen molar-refractivity contribution in [2.24, 2.45) is 11.3 Å². The molecular weight excluding hydrogens is 334 g/mol. The lowest BCUT2D eigenvalue weighted by Gasteiger charge is -2.35. The normalized spacial score (nSPS) is 18.6. The number of ether oxygens (including phenoxy) is 2. The Balaban J connectivity index is 2.18. The molecule has 1 aromatic rings. The molecule has 0 radical (unpaired) electrons. The van der Waals surface area contributed by atoms with E-state index in [1.165, 1.54) is 0 Å². The number of aliphatic carboxylic acids is 1. The van der Waals surface area contributed by atoms with Crippen molar-refractivity contribution < 1.29 is 24.2 Å². The molecule has 6 nitrogen and oxygen atoms in total. The Bertz CT molecular complexity index is 664. The first-order valence-corrected chi connectivity index (χ1v) is 8.97. The zero-order valence-corrected chi connectivity index (χ0v) is 16.2. The van der Waals surface area contributed by atoms with Gasteiger partial charge in [0.25, 0.3) is 0 Å². The van der Waals surface area contributed by atoms with Crippen LogP contribution in [0.3, 0.4) is 0 Å².